The Hall–Kier alpha value is -2.61. The summed E-state index contributed by atoms with van der Waals surface area (Å²) in [5.41, 5.74) is 5.46. The molecule has 2 rings (SSSR count). The summed E-state index contributed by atoms with van der Waals surface area (Å²) in [6.45, 7) is 0.229. The first-order valence-corrected chi connectivity index (χ1v) is 6.63. The number of amides is 1. The van der Waals surface area contributed by atoms with Crippen molar-refractivity contribution in [3.05, 3.63) is 29.8 Å². The summed E-state index contributed by atoms with van der Waals surface area (Å²) >= 11 is 0. The molecule has 1 aliphatic rings. The van der Waals surface area contributed by atoms with Gasteiger partial charge in [-0.05, 0) is 24.3 Å². The van der Waals surface area contributed by atoms with Crippen LogP contribution in [0.2, 0.25) is 0 Å². The van der Waals surface area contributed by atoms with Crippen molar-refractivity contribution in [2.24, 2.45) is 11.7 Å². The number of primary amides is 1. The Morgan fingerprint density at radius 3 is 2.36 bits per heavy atom. The maximum atomic E-state index is 11.1. The molecule has 1 aliphatic heterocycles. The highest BCUT2D eigenvalue weighted by atomic mass is 16.5. The van der Waals surface area contributed by atoms with E-state index in [4.69, 9.17) is 20.7 Å². The van der Waals surface area contributed by atoms with Gasteiger partial charge in [-0.15, -0.1) is 0 Å². The summed E-state index contributed by atoms with van der Waals surface area (Å²) in [6.07, 6.45) is -0.898. The van der Waals surface area contributed by atoms with Crippen LogP contribution in [0.1, 0.15) is 16.8 Å². The molecular formula is C14H16N2O6. The van der Waals surface area contributed by atoms with E-state index in [2.05, 4.69) is 5.32 Å². The van der Waals surface area contributed by atoms with Crippen molar-refractivity contribution in [1.29, 1.82) is 0 Å². The number of carboxylic acid groups (broad SMARTS) is 2. The highest BCUT2D eigenvalue weighted by Crippen LogP contribution is 2.25. The number of aliphatic carboxylic acids is 2. The molecule has 22 heavy (non-hydrogen) atoms. The summed E-state index contributed by atoms with van der Waals surface area (Å²) in [7, 11) is 0. The van der Waals surface area contributed by atoms with Gasteiger partial charge in [-0.25, -0.2) is 0 Å². The third kappa shape index (κ3) is 3.53. The van der Waals surface area contributed by atoms with Crippen LogP contribution in [0.25, 0.3) is 0 Å². The highest BCUT2D eigenvalue weighted by molar-refractivity contribution is 5.92. The van der Waals surface area contributed by atoms with E-state index in [0.29, 0.717) is 11.3 Å². The lowest BCUT2D eigenvalue weighted by atomic mass is 9.94. The molecular weight excluding hydrogens is 292 g/mol. The van der Waals surface area contributed by atoms with Gasteiger partial charge in [0.1, 0.15) is 17.9 Å². The molecule has 8 heteroatoms. The molecule has 0 aromatic heterocycles. The quantitative estimate of drug-likeness (QED) is 0.564. The van der Waals surface area contributed by atoms with Crippen molar-refractivity contribution in [2.45, 2.75) is 18.6 Å². The van der Waals surface area contributed by atoms with E-state index in [1.54, 1.807) is 0 Å². The Bertz CT molecular complexity index is 586. The Kier molecular flexibility index (Phi) is 4.62. The van der Waals surface area contributed by atoms with Gasteiger partial charge in [0.15, 0.2) is 0 Å². The molecule has 0 radical (unpaired) electrons. The third-order valence-corrected chi connectivity index (χ3v) is 3.55. The van der Waals surface area contributed by atoms with Crippen LogP contribution in [-0.2, 0) is 9.59 Å². The minimum absolute atomic E-state index is 0.229. The number of carbonyl (C=O) groups is 3. The molecule has 0 bridgehead atoms. The maximum absolute atomic E-state index is 11.1. The van der Waals surface area contributed by atoms with Gasteiger partial charge in [-0.2, -0.15) is 0 Å². The molecule has 0 spiro atoms. The molecule has 1 aromatic rings. The molecule has 1 heterocycles. The van der Waals surface area contributed by atoms with Crippen molar-refractivity contribution in [3.8, 4) is 5.75 Å². The van der Waals surface area contributed by atoms with Gasteiger partial charge in [-0.1, -0.05) is 0 Å². The summed E-state index contributed by atoms with van der Waals surface area (Å²) in [4.78, 5) is 33.1. The lowest BCUT2D eigenvalue weighted by Gasteiger charge is -2.21. The van der Waals surface area contributed by atoms with Crippen molar-refractivity contribution in [1.82, 2.24) is 5.32 Å². The van der Waals surface area contributed by atoms with E-state index in [-0.39, 0.29) is 13.0 Å². The molecule has 1 fully saturated rings. The number of ether oxygens (including phenoxy) is 1. The SMILES string of the molecule is NC(=O)c1ccc(OC2CNC(C(=O)O)[C@H]2CC(=O)O)cc1. The van der Waals surface area contributed by atoms with E-state index in [1.807, 2.05) is 0 Å². The molecule has 1 saturated heterocycles. The smallest absolute Gasteiger partial charge is 0.321 e. The van der Waals surface area contributed by atoms with Crippen LogP contribution in [0.4, 0.5) is 0 Å². The van der Waals surface area contributed by atoms with Crippen LogP contribution in [0.3, 0.4) is 0 Å². The summed E-state index contributed by atoms with van der Waals surface area (Å²) < 4.78 is 5.66. The van der Waals surface area contributed by atoms with Crippen LogP contribution in [0.15, 0.2) is 24.3 Å². The van der Waals surface area contributed by atoms with E-state index >= 15 is 0 Å². The Balaban J connectivity index is 2.11. The average molecular weight is 308 g/mol. The maximum Gasteiger partial charge on any atom is 0.321 e. The van der Waals surface area contributed by atoms with Crippen molar-refractivity contribution < 1.29 is 29.3 Å². The van der Waals surface area contributed by atoms with Crippen molar-refractivity contribution in [3.63, 3.8) is 0 Å². The summed E-state index contributed by atoms with van der Waals surface area (Å²) in [5.74, 6) is -3.04. The minimum atomic E-state index is -1.11. The van der Waals surface area contributed by atoms with Gasteiger partial charge in [0.2, 0.25) is 5.91 Å². The number of hydrogen-bond donors (Lipinski definition) is 4. The molecule has 1 aromatic carbocycles. The van der Waals surface area contributed by atoms with Crippen molar-refractivity contribution >= 4 is 17.8 Å². The van der Waals surface area contributed by atoms with Crippen LogP contribution in [0.5, 0.6) is 5.75 Å². The van der Waals surface area contributed by atoms with Crippen LogP contribution in [-0.4, -0.2) is 46.7 Å². The lowest BCUT2D eigenvalue weighted by Crippen LogP contribution is -2.38. The first-order chi connectivity index (χ1) is 10.4. The molecule has 8 nitrogen and oxygen atoms in total. The van der Waals surface area contributed by atoms with Gasteiger partial charge in [-0.3, -0.25) is 14.4 Å². The van der Waals surface area contributed by atoms with E-state index < -0.39 is 35.9 Å². The fraction of sp³-hybridized carbons (Fsp3) is 0.357. The Morgan fingerprint density at radius 2 is 1.86 bits per heavy atom. The molecule has 5 N–H and O–H groups in total. The topological polar surface area (TPSA) is 139 Å². The molecule has 3 atom stereocenters. The summed E-state index contributed by atoms with van der Waals surface area (Å²) in [6, 6.07) is 5.07. The van der Waals surface area contributed by atoms with Gasteiger partial charge < -0.3 is 26.0 Å². The van der Waals surface area contributed by atoms with E-state index in [9.17, 15) is 14.4 Å². The van der Waals surface area contributed by atoms with Gasteiger partial charge >= 0.3 is 11.9 Å². The normalized spacial score (nSPS) is 23.9. The first-order valence-electron chi connectivity index (χ1n) is 6.63. The minimum Gasteiger partial charge on any atom is -0.489 e. The Morgan fingerprint density at radius 1 is 1.23 bits per heavy atom. The number of carboxylic acids is 2. The molecule has 0 aliphatic carbocycles. The fourth-order valence-corrected chi connectivity index (χ4v) is 2.48. The van der Waals surface area contributed by atoms with Crippen LogP contribution >= 0.6 is 0 Å². The predicted octanol–water partition coefficient (Wildman–Crippen LogP) is -0.320. The second-order valence-electron chi connectivity index (χ2n) is 5.03. The summed E-state index contributed by atoms with van der Waals surface area (Å²) in [5, 5.41) is 20.8. The van der Waals surface area contributed by atoms with Crippen molar-refractivity contribution in [2.75, 3.05) is 6.54 Å². The van der Waals surface area contributed by atoms with Crippen LogP contribution < -0.4 is 15.8 Å². The molecule has 1 amide bonds. The lowest BCUT2D eigenvalue weighted by molar-refractivity contribution is -0.142. The number of hydrogen-bond acceptors (Lipinski definition) is 5. The molecule has 0 saturated carbocycles. The fourth-order valence-electron chi connectivity index (χ4n) is 2.48. The third-order valence-electron chi connectivity index (χ3n) is 3.55. The van der Waals surface area contributed by atoms with E-state index in [0.717, 1.165) is 0 Å². The number of benzene rings is 1. The predicted molar refractivity (Wildman–Crippen MR) is 74.5 cm³/mol. The van der Waals surface area contributed by atoms with Gasteiger partial charge in [0.25, 0.3) is 0 Å². The Labute approximate surface area is 125 Å². The molecule has 2 unspecified atom stereocenters. The van der Waals surface area contributed by atoms with Gasteiger partial charge in [0.05, 0.1) is 6.42 Å². The average Bonchev–Trinajstić information content (AvgIpc) is 2.82. The second-order valence-corrected chi connectivity index (χ2v) is 5.03. The zero-order valence-corrected chi connectivity index (χ0v) is 11.6. The second kappa shape index (κ2) is 6.44. The number of rotatable bonds is 6. The number of carbonyl (C=O) groups excluding carboxylic acids is 1. The zero-order valence-electron chi connectivity index (χ0n) is 11.6. The standard InChI is InChI=1S/C14H16N2O6/c15-13(19)7-1-3-8(4-2-7)22-10-6-16-12(14(20)21)9(10)5-11(17)18/h1-4,9-10,12,16H,5-6H2,(H2,15,19)(H,17,18)(H,20,21)/t9-,10?,12?/m0/s1. The first kappa shape index (κ1) is 15.8. The number of nitrogens with two attached hydrogens (primary N) is 1. The van der Waals surface area contributed by atoms with Gasteiger partial charge in [0, 0.05) is 18.0 Å². The highest BCUT2D eigenvalue weighted by Gasteiger charge is 2.42. The monoisotopic (exact) mass is 308 g/mol. The van der Waals surface area contributed by atoms with E-state index in [1.165, 1.54) is 24.3 Å². The zero-order chi connectivity index (χ0) is 16.3. The molecule has 118 valence electrons. The van der Waals surface area contributed by atoms with Crippen LogP contribution in [0, 0.1) is 5.92 Å². The largest absolute Gasteiger partial charge is 0.489 e. The number of nitrogens with one attached hydrogen (secondary N) is 1.